The third kappa shape index (κ3) is 3.92. The molecule has 0 saturated heterocycles. The van der Waals surface area contributed by atoms with Gasteiger partial charge in [-0.15, -0.1) is 11.3 Å². The molecule has 10 nitrogen and oxygen atoms in total. The van der Waals surface area contributed by atoms with Crippen molar-refractivity contribution >= 4 is 34.0 Å². The summed E-state index contributed by atoms with van der Waals surface area (Å²) < 4.78 is 18.1. The fourth-order valence-electron chi connectivity index (χ4n) is 3.71. The van der Waals surface area contributed by atoms with Crippen LogP contribution in [0.2, 0.25) is 0 Å². The SMILES string of the molecule is CCn1ncc2c(C(=O)OCc3cc([N+](=O)[O-])cc4c3OCOC4)cc(-c3cccs3)nc21. The van der Waals surface area contributed by atoms with E-state index in [1.54, 1.807) is 16.9 Å². The molecule has 1 aliphatic rings. The number of carbonyl (C=O) groups excluding carboxylic acids is 1. The van der Waals surface area contributed by atoms with Crippen LogP contribution >= 0.6 is 11.3 Å². The van der Waals surface area contributed by atoms with E-state index < -0.39 is 10.9 Å². The normalized spacial score (nSPS) is 12.9. The van der Waals surface area contributed by atoms with Crippen molar-refractivity contribution in [1.82, 2.24) is 14.8 Å². The predicted molar refractivity (Wildman–Crippen MR) is 119 cm³/mol. The number of hydrogen-bond donors (Lipinski definition) is 0. The Labute approximate surface area is 191 Å². The largest absolute Gasteiger partial charge is 0.467 e. The van der Waals surface area contributed by atoms with Crippen LogP contribution in [0.3, 0.4) is 0 Å². The van der Waals surface area contributed by atoms with Crippen LogP contribution in [-0.4, -0.2) is 32.5 Å². The molecule has 5 rings (SSSR count). The Morgan fingerprint density at radius 2 is 2.24 bits per heavy atom. The molecule has 0 unspecified atom stereocenters. The highest BCUT2D eigenvalue weighted by atomic mass is 32.1. The molecule has 0 saturated carbocycles. The smallest absolute Gasteiger partial charge is 0.339 e. The number of nitrogens with zero attached hydrogens (tertiary/aromatic N) is 4. The van der Waals surface area contributed by atoms with Gasteiger partial charge in [-0.25, -0.2) is 14.5 Å². The molecule has 0 spiro atoms. The van der Waals surface area contributed by atoms with Gasteiger partial charge in [0.05, 0.1) is 39.2 Å². The van der Waals surface area contributed by atoms with Crippen LogP contribution in [0.5, 0.6) is 5.75 Å². The van der Waals surface area contributed by atoms with Crippen molar-refractivity contribution in [3.63, 3.8) is 0 Å². The summed E-state index contributed by atoms with van der Waals surface area (Å²) in [5.74, 6) is -0.138. The minimum atomic E-state index is -0.580. The topological polar surface area (TPSA) is 119 Å². The van der Waals surface area contributed by atoms with Gasteiger partial charge < -0.3 is 14.2 Å². The number of aromatic nitrogens is 3. The lowest BCUT2D eigenvalue weighted by molar-refractivity contribution is -0.385. The number of aryl methyl sites for hydroxylation is 1. The van der Waals surface area contributed by atoms with Gasteiger partial charge in [0.25, 0.3) is 5.69 Å². The molecule has 11 heteroatoms. The number of ether oxygens (including phenoxy) is 3. The number of rotatable bonds is 6. The van der Waals surface area contributed by atoms with Crippen LogP contribution < -0.4 is 4.74 Å². The Morgan fingerprint density at radius 3 is 3.00 bits per heavy atom. The summed E-state index contributed by atoms with van der Waals surface area (Å²) in [4.78, 5) is 29.6. The maximum atomic E-state index is 13.2. The zero-order chi connectivity index (χ0) is 22.9. The maximum Gasteiger partial charge on any atom is 0.339 e. The molecule has 0 atom stereocenters. The summed E-state index contributed by atoms with van der Waals surface area (Å²) in [5, 5.41) is 18.2. The molecular formula is C22H18N4O6S. The molecule has 0 bridgehead atoms. The lowest BCUT2D eigenvalue weighted by Gasteiger charge is -2.20. The molecule has 1 aromatic carbocycles. The van der Waals surface area contributed by atoms with Crippen LogP contribution in [0.4, 0.5) is 5.69 Å². The Bertz CT molecular complexity index is 1370. The van der Waals surface area contributed by atoms with Crippen LogP contribution in [0.25, 0.3) is 21.6 Å². The number of carbonyl (C=O) groups is 1. The number of esters is 1. The maximum absolute atomic E-state index is 13.2. The van der Waals surface area contributed by atoms with E-state index in [-0.39, 0.29) is 25.7 Å². The number of pyridine rings is 1. The van der Waals surface area contributed by atoms with Crippen molar-refractivity contribution in [1.29, 1.82) is 0 Å². The fraction of sp³-hybridized carbons (Fsp3) is 0.227. The molecule has 33 heavy (non-hydrogen) atoms. The van der Waals surface area contributed by atoms with Gasteiger partial charge in [-0.1, -0.05) is 6.07 Å². The third-order valence-corrected chi connectivity index (χ3v) is 6.14. The van der Waals surface area contributed by atoms with Gasteiger partial charge in [0.15, 0.2) is 12.4 Å². The van der Waals surface area contributed by atoms with Gasteiger partial charge >= 0.3 is 5.97 Å². The van der Waals surface area contributed by atoms with E-state index in [0.717, 1.165) is 4.88 Å². The van der Waals surface area contributed by atoms with Gasteiger partial charge in [-0.2, -0.15) is 5.10 Å². The Morgan fingerprint density at radius 1 is 1.36 bits per heavy atom. The summed E-state index contributed by atoms with van der Waals surface area (Å²) in [5.41, 5.74) is 2.38. The van der Waals surface area contributed by atoms with Gasteiger partial charge in [0, 0.05) is 29.8 Å². The van der Waals surface area contributed by atoms with Crippen LogP contribution in [-0.2, 0) is 29.2 Å². The van der Waals surface area contributed by atoms with Crippen molar-refractivity contribution in [2.45, 2.75) is 26.7 Å². The Hall–Kier alpha value is -3.83. The average Bonchev–Trinajstić information content (AvgIpc) is 3.51. The number of nitro groups is 1. The van der Waals surface area contributed by atoms with E-state index in [1.165, 1.54) is 23.5 Å². The summed E-state index contributed by atoms with van der Waals surface area (Å²) in [6.45, 7) is 2.56. The zero-order valence-corrected chi connectivity index (χ0v) is 18.3. The quantitative estimate of drug-likeness (QED) is 0.234. The van der Waals surface area contributed by atoms with Crippen molar-refractivity contribution in [2.75, 3.05) is 6.79 Å². The molecule has 0 amide bonds. The standard InChI is InChI=1S/C22H18N4O6S/c1-2-25-21-17(9-23-25)16(8-18(24-21)19-4-3-5-33-19)22(27)31-11-14-7-15(26(28)29)6-13-10-30-12-32-20(13)14/h3-9H,2,10-12H2,1H3. The first-order valence-corrected chi connectivity index (χ1v) is 11.0. The third-order valence-electron chi connectivity index (χ3n) is 5.24. The number of thiophene rings is 1. The molecule has 4 heterocycles. The van der Waals surface area contributed by atoms with Crippen LogP contribution in [0.1, 0.15) is 28.4 Å². The van der Waals surface area contributed by atoms with E-state index in [9.17, 15) is 14.9 Å². The van der Waals surface area contributed by atoms with Gasteiger partial charge in [-0.3, -0.25) is 10.1 Å². The van der Waals surface area contributed by atoms with Gasteiger partial charge in [0.2, 0.25) is 0 Å². The summed E-state index contributed by atoms with van der Waals surface area (Å²) in [6.07, 6.45) is 1.59. The minimum absolute atomic E-state index is 0.0249. The van der Waals surface area contributed by atoms with Crippen molar-refractivity contribution < 1.29 is 23.9 Å². The van der Waals surface area contributed by atoms with Crippen molar-refractivity contribution in [2.24, 2.45) is 0 Å². The summed E-state index contributed by atoms with van der Waals surface area (Å²) in [7, 11) is 0. The van der Waals surface area contributed by atoms with Crippen LogP contribution in [0.15, 0.2) is 41.9 Å². The molecule has 168 valence electrons. The van der Waals surface area contributed by atoms with E-state index in [2.05, 4.69) is 5.10 Å². The van der Waals surface area contributed by atoms with E-state index in [0.29, 0.717) is 45.7 Å². The second-order valence-corrected chi connectivity index (χ2v) is 8.21. The average molecular weight is 466 g/mol. The molecule has 0 radical (unpaired) electrons. The highest BCUT2D eigenvalue weighted by Crippen LogP contribution is 2.34. The molecular weight excluding hydrogens is 448 g/mol. The monoisotopic (exact) mass is 466 g/mol. The first kappa shape index (κ1) is 21.0. The lowest BCUT2D eigenvalue weighted by Crippen LogP contribution is -2.15. The molecule has 0 aliphatic carbocycles. The second kappa shape index (κ2) is 8.60. The summed E-state index contributed by atoms with van der Waals surface area (Å²) >= 11 is 1.51. The first-order valence-electron chi connectivity index (χ1n) is 10.1. The molecule has 1 aliphatic heterocycles. The minimum Gasteiger partial charge on any atom is -0.467 e. The van der Waals surface area contributed by atoms with Gasteiger partial charge in [0.1, 0.15) is 12.4 Å². The van der Waals surface area contributed by atoms with Crippen molar-refractivity contribution in [3.8, 4) is 16.3 Å². The molecule has 0 N–H and O–H groups in total. The lowest BCUT2D eigenvalue weighted by atomic mass is 10.1. The first-order chi connectivity index (χ1) is 16.0. The van der Waals surface area contributed by atoms with Crippen LogP contribution in [0, 0.1) is 10.1 Å². The number of hydrogen-bond acceptors (Lipinski definition) is 9. The number of benzene rings is 1. The second-order valence-electron chi connectivity index (χ2n) is 7.27. The Kier molecular flexibility index (Phi) is 5.48. The van der Waals surface area contributed by atoms with E-state index in [4.69, 9.17) is 19.2 Å². The Balaban J connectivity index is 1.50. The number of nitro benzene ring substituents is 1. The highest BCUT2D eigenvalue weighted by molar-refractivity contribution is 7.13. The summed E-state index contributed by atoms with van der Waals surface area (Å²) in [6, 6.07) is 8.28. The molecule has 4 aromatic rings. The van der Waals surface area contributed by atoms with E-state index >= 15 is 0 Å². The van der Waals surface area contributed by atoms with E-state index in [1.807, 2.05) is 24.4 Å². The van der Waals surface area contributed by atoms with Crippen molar-refractivity contribution in [3.05, 3.63) is 68.7 Å². The predicted octanol–water partition coefficient (Wildman–Crippen LogP) is 4.31. The molecule has 0 fully saturated rings. The fourth-order valence-corrected chi connectivity index (χ4v) is 4.40. The number of fused-ring (bicyclic) bond motifs is 2. The highest BCUT2D eigenvalue weighted by Gasteiger charge is 2.23. The van der Waals surface area contributed by atoms with Gasteiger partial charge in [-0.05, 0) is 24.4 Å². The molecule has 3 aromatic heterocycles. The zero-order valence-electron chi connectivity index (χ0n) is 17.5. The number of non-ortho nitro benzene ring substituents is 1.